The molecule has 1 aliphatic heterocycles. The molecule has 3 heterocycles. The number of terminal acetylenes is 1. The standard InChI is InChI=1S/C24H30FN5O7/c1-6-11-23(7-2,8-3)37-22(32)34-13-24(9-4)15(35-21(31)33-10-5)12-16(36-24)30-14-27-17-18(26)28-20(25)29-19(17)30/h4,6,14-16H,1,7-8,10-13H2,2-3,5H3,(H2,26,28,29)/t15-,16+,24+/m0/s1. The SMILES string of the molecule is C#C[C@]1(COC(=O)OC(CC)(CC)CC=C)O[C@@H](n2cnc3c(N)nc(F)nc32)C[C@@H]1OC(=O)OCC. The van der Waals surface area contributed by atoms with E-state index < -0.39 is 48.5 Å². The molecule has 200 valence electrons. The molecular formula is C24H30FN5O7. The fraction of sp³-hybridized carbons (Fsp3) is 0.542. The van der Waals surface area contributed by atoms with E-state index in [1.54, 1.807) is 13.0 Å². The first-order valence-electron chi connectivity index (χ1n) is 11.8. The zero-order chi connectivity index (χ0) is 27.2. The van der Waals surface area contributed by atoms with Crippen LogP contribution in [-0.4, -0.2) is 62.3 Å². The van der Waals surface area contributed by atoms with Crippen molar-refractivity contribution in [2.75, 3.05) is 18.9 Å². The van der Waals surface area contributed by atoms with Gasteiger partial charge in [0.1, 0.15) is 18.4 Å². The fourth-order valence-corrected chi connectivity index (χ4v) is 4.10. The number of nitrogens with zero attached hydrogens (tertiary/aromatic N) is 4. The van der Waals surface area contributed by atoms with Crippen molar-refractivity contribution in [3.05, 3.63) is 25.1 Å². The second-order valence-corrected chi connectivity index (χ2v) is 8.36. The number of rotatable bonds is 10. The van der Waals surface area contributed by atoms with Gasteiger partial charge in [-0.15, -0.1) is 13.0 Å². The summed E-state index contributed by atoms with van der Waals surface area (Å²) in [6.07, 6.45) is 5.17. The zero-order valence-electron chi connectivity index (χ0n) is 20.9. The van der Waals surface area contributed by atoms with Crippen LogP contribution in [0.1, 0.15) is 52.7 Å². The molecule has 0 amide bonds. The lowest BCUT2D eigenvalue weighted by molar-refractivity contribution is -0.113. The summed E-state index contributed by atoms with van der Waals surface area (Å²) < 4.78 is 42.6. The summed E-state index contributed by atoms with van der Waals surface area (Å²) in [6, 6.07) is 0. The maximum Gasteiger partial charge on any atom is 0.508 e. The van der Waals surface area contributed by atoms with Crippen LogP contribution in [0.4, 0.5) is 19.8 Å². The first kappa shape index (κ1) is 27.7. The van der Waals surface area contributed by atoms with E-state index >= 15 is 0 Å². The monoisotopic (exact) mass is 519 g/mol. The molecule has 12 nitrogen and oxygen atoms in total. The predicted octanol–water partition coefficient (Wildman–Crippen LogP) is 3.67. The van der Waals surface area contributed by atoms with Gasteiger partial charge in [0.15, 0.2) is 23.1 Å². The minimum Gasteiger partial charge on any atom is -0.435 e. The van der Waals surface area contributed by atoms with Crippen molar-refractivity contribution in [2.24, 2.45) is 0 Å². The molecule has 0 radical (unpaired) electrons. The summed E-state index contributed by atoms with van der Waals surface area (Å²) in [5, 5.41) is 0. The van der Waals surface area contributed by atoms with Crippen molar-refractivity contribution >= 4 is 29.3 Å². The number of ether oxygens (including phenoxy) is 5. The van der Waals surface area contributed by atoms with Gasteiger partial charge in [0.25, 0.3) is 0 Å². The number of halogens is 1. The van der Waals surface area contributed by atoms with E-state index in [1.807, 2.05) is 13.8 Å². The van der Waals surface area contributed by atoms with Crippen molar-refractivity contribution in [3.8, 4) is 12.3 Å². The summed E-state index contributed by atoms with van der Waals surface area (Å²) in [5.74, 6) is 2.28. The van der Waals surface area contributed by atoms with Crippen LogP contribution >= 0.6 is 0 Å². The van der Waals surface area contributed by atoms with Crippen LogP contribution in [0.5, 0.6) is 0 Å². The molecule has 3 atom stereocenters. The van der Waals surface area contributed by atoms with Crippen LogP contribution in [0.2, 0.25) is 0 Å². The maximum absolute atomic E-state index is 13.9. The van der Waals surface area contributed by atoms with Crippen LogP contribution in [0.25, 0.3) is 11.2 Å². The summed E-state index contributed by atoms with van der Waals surface area (Å²) in [6.45, 7) is 8.62. The number of carbonyl (C=O) groups is 2. The van der Waals surface area contributed by atoms with Gasteiger partial charge in [0, 0.05) is 12.8 Å². The number of fused-ring (bicyclic) bond motifs is 1. The van der Waals surface area contributed by atoms with Gasteiger partial charge in [0.2, 0.25) is 5.60 Å². The maximum atomic E-state index is 13.9. The Bertz CT molecular complexity index is 1190. The van der Waals surface area contributed by atoms with Gasteiger partial charge >= 0.3 is 18.4 Å². The highest BCUT2D eigenvalue weighted by atomic mass is 19.1. The Morgan fingerprint density at radius 3 is 2.70 bits per heavy atom. The normalized spacial score (nSPS) is 21.3. The van der Waals surface area contributed by atoms with Gasteiger partial charge in [-0.25, -0.2) is 14.6 Å². The largest absolute Gasteiger partial charge is 0.508 e. The minimum atomic E-state index is -1.73. The van der Waals surface area contributed by atoms with Crippen LogP contribution in [0.3, 0.4) is 0 Å². The number of aromatic nitrogens is 4. The number of hydrogen-bond donors (Lipinski definition) is 1. The number of nitrogens with two attached hydrogens (primary N) is 1. The Morgan fingerprint density at radius 2 is 2.08 bits per heavy atom. The lowest BCUT2D eigenvalue weighted by atomic mass is 9.93. The number of carbonyl (C=O) groups excluding carboxylic acids is 2. The Balaban J connectivity index is 1.88. The Morgan fingerprint density at radius 1 is 1.35 bits per heavy atom. The van der Waals surface area contributed by atoms with Crippen LogP contribution < -0.4 is 5.73 Å². The van der Waals surface area contributed by atoms with Gasteiger partial charge in [-0.2, -0.15) is 14.4 Å². The molecule has 1 fully saturated rings. The minimum absolute atomic E-state index is 0.0251. The summed E-state index contributed by atoms with van der Waals surface area (Å²) in [5.41, 5.74) is 3.41. The molecule has 0 unspecified atom stereocenters. The second kappa shape index (κ2) is 11.4. The van der Waals surface area contributed by atoms with Gasteiger partial charge in [-0.1, -0.05) is 25.8 Å². The third-order valence-electron chi connectivity index (χ3n) is 6.27. The average Bonchev–Trinajstić information content (AvgIpc) is 3.44. The highest BCUT2D eigenvalue weighted by Crippen LogP contribution is 2.40. The van der Waals surface area contributed by atoms with Crippen LogP contribution in [-0.2, 0) is 23.7 Å². The van der Waals surface area contributed by atoms with E-state index in [2.05, 4.69) is 27.5 Å². The van der Waals surface area contributed by atoms with E-state index in [1.165, 1.54) is 10.9 Å². The van der Waals surface area contributed by atoms with Crippen molar-refractivity contribution < 1.29 is 37.7 Å². The molecule has 1 aliphatic rings. The van der Waals surface area contributed by atoms with Crippen LogP contribution in [0.15, 0.2) is 19.0 Å². The Labute approximate surface area is 213 Å². The Kier molecular flexibility index (Phi) is 8.54. The van der Waals surface area contributed by atoms with E-state index in [4.69, 9.17) is 35.8 Å². The lowest BCUT2D eigenvalue weighted by Gasteiger charge is -2.31. The first-order valence-corrected chi connectivity index (χ1v) is 11.8. The highest BCUT2D eigenvalue weighted by molar-refractivity contribution is 5.81. The molecule has 0 spiro atoms. The zero-order valence-corrected chi connectivity index (χ0v) is 20.9. The third-order valence-corrected chi connectivity index (χ3v) is 6.27. The molecule has 0 aromatic carbocycles. The second-order valence-electron chi connectivity index (χ2n) is 8.36. The first-order chi connectivity index (χ1) is 17.7. The molecule has 37 heavy (non-hydrogen) atoms. The van der Waals surface area contributed by atoms with E-state index in [0.29, 0.717) is 19.3 Å². The van der Waals surface area contributed by atoms with Crippen molar-refractivity contribution in [1.29, 1.82) is 0 Å². The van der Waals surface area contributed by atoms with Gasteiger partial charge in [-0.3, -0.25) is 4.57 Å². The van der Waals surface area contributed by atoms with Gasteiger partial charge < -0.3 is 29.4 Å². The van der Waals surface area contributed by atoms with E-state index in [0.717, 1.165) is 0 Å². The molecule has 1 saturated heterocycles. The fourth-order valence-electron chi connectivity index (χ4n) is 4.10. The number of anilines is 1. The topological polar surface area (TPSA) is 150 Å². The molecule has 13 heteroatoms. The quantitative estimate of drug-likeness (QED) is 0.212. The van der Waals surface area contributed by atoms with E-state index in [9.17, 15) is 14.0 Å². The van der Waals surface area contributed by atoms with E-state index in [-0.39, 0.29) is 30.0 Å². The number of imidazole rings is 1. The van der Waals surface area contributed by atoms with Crippen molar-refractivity contribution in [1.82, 2.24) is 19.5 Å². The van der Waals surface area contributed by atoms with Crippen LogP contribution in [0, 0.1) is 18.4 Å². The average molecular weight is 520 g/mol. The Hall–Kier alpha value is -3.92. The molecular weight excluding hydrogens is 489 g/mol. The summed E-state index contributed by atoms with van der Waals surface area (Å²) >= 11 is 0. The summed E-state index contributed by atoms with van der Waals surface area (Å²) in [7, 11) is 0. The van der Waals surface area contributed by atoms with Gasteiger partial charge in [-0.05, 0) is 19.8 Å². The number of nitrogen functional groups attached to an aromatic ring is 1. The molecule has 0 saturated carbocycles. The molecule has 3 rings (SSSR count). The highest BCUT2D eigenvalue weighted by Gasteiger charge is 2.53. The molecule has 2 aromatic rings. The molecule has 0 aliphatic carbocycles. The number of hydrogen-bond acceptors (Lipinski definition) is 11. The molecule has 2 aromatic heterocycles. The molecule has 0 bridgehead atoms. The molecule has 2 N–H and O–H groups in total. The predicted molar refractivity (Wildman–Crippen MR) is 128 cm³/mol. The van der Waals surface area contributed by atoms with Crippen molar-refractivity contribution in [2.45, 2.75) is 70.0 Å². The van der Waals surface area contributed by atoms with Crippen molar-refractivity contribution in [3.63, 3.8) is 0 Å². The smallest absolute Gasteiger partial charge is 0.435 e. The lowest BCUT2D eigenvalue weighted by Crippen LogP contribution is -2.46. The third kappa shape index (κ3) is 5.75. The summed E-state index contributed by atoms with van der Waals surface area (Å²) in [4.78, 5) is 36.1. The van der Waals surface area contributed by atoms with Gasteiger partial charge in [0.05, 0.1) is 12.9 Å².